The van der Waals surface area contributed by atoms with Crippen molar-refractivity contribution in [1.29, 1.82) is 0 Å². The molecule has 1 saturated carbocycles. The highest BCUT2D eigenvalue weighted by atomic mass is 16.5. The van der Waals surface area contributed by atoms with E-state index in [-0.39, 0.29) is 5.41 Å². The Morgan fingerprint density at radius 3 is 2.41 bits per heavy atom. The number of nitrogens with zero attached hydrogens (tertiary/aromatic N) is 2. The van der Waals surface area contributed by atoms with Crippen LogP contribution in [-0.2, 0) is 5.41 Å². The van der Waals surface area contributed by atoms with E-state index in [2.05, 4.69) is 24.0 Å². The minimum Gasteiger partial charge on any atom is -0.385 e. The summed E-state index contributed by atoms with van der Waals surface area (Å²) in [4.78, 5) is 4.39. The topological polar surface area (TPSA) is 59.2 Å². The fourth-order valence-corrected chi connectivity index (χ4v) is 2.96. The Morgan fingerprint density at radius 1 is 1.29 bits per heavy atom. The molecule has 4 nitrogen and oxygen atoms in total. The van der Waals surface area contributed by atoms with Crippen molar-refractivity contribution < 1.29 is 9.63 Å². The molecule has 1 aliphatic carbocycles. The van der Waals surface area contributed by atoms with Gasteiger partial charge in [-0.2, -0.15) is 4.98 Å². The maximum absolute atomic E-state index is 9.46. The second-order valence-electron chi connectivity index (χ2n) is 5.72. The number of aliphatic hydroxyl groups is 1. The molecule has 0 spiro atoms. The number of hydrogen-bond donors (Lipinski definition) is 1. The van der Waals surface area contributed by atoms with Gasteiger partial charge in [-0.3, -0.25) is 0 Å². The van der Waals surface area contributed by atoms with Crippen LogP contribution < -0.4 is 0 Å². The average molecular weight is 238 g/mol. The van der Waals surface area contributed by atoms with Crippen molar-refractivity contribution in [2.45, 2.75) is 64.4 Å². The summed E-state index contributed by atoms with van der Waals surface area (Å²) in [6.07, 6.45) is 5.18. The van der Waals surface area contributed by atoms with E-state index < -0.39 is 6.10 Å². The Morgan fingerprint density at radius 2 is 1.94 bits per heavy atom. The Bertz CT molecular complexity index is 365. The molecule has 1 atom stereocenters. The van der Waals surface area contributed by atoms with Crippen molar-refractivity contribution in [2.75, 3.05) is 0 Å². The van der Waals surface area contributed by atoms with E-state index in [1.54, 1.807) is 6.92 Å². The summed E-state index contributed by atoms with van der Waals surface area (Å²) in [5.41, 5.74) is 0.0638. The zero-order chi connectivity index (χ0) is 12.5. The van der Waals surface area contributed by atoms with Crippen LogP contribution in [0.15, 0.2) is 4.52 Å². The standard InChI is InChI=1S/C13H22N2O2/c1-9(2)8-13(6-4-5-7-13)12-14-11(10(3)16)15-17-12/h9-10,16H,4-8H2,1-3H3. The third-order valence-corrected chi connectivity index (χ3v) is 3.63. The molecule has 1 aromatic heterocycles. The Labute approximate surface area is 102 Å². The number of hydrogen-bond acceptors (Lipinski definition) is 4. The first-order valence-corrected chi connectivity index (χ1v) is 6.56. The van der Waals surface area contributed by atoms with Crippen molar-refractivity contribution >= 4 is 0 Å². The van der Waals surface area contributed by atoms with E-state index in [4.69, 9.17) is 4.52 Å². The van der Waals surface area contributed by atoms with Gasteiger partial charge in [0, 0.05) is 5.41 Å². The third kappa shape index (κ3) is 2.51. The Hall–Kier alpha value is -0.900. The predicted octanol–water partition coefficient (Wildman–Crippen LogP) is 2.98. The number of aromatic nitrogens is 2. The van der Waals surface area contributed by atoms with Crippen molar-refractivity contribution in [3.8, 4) is 0 Å². The molecule has 1 heterocycles. The summed E-state index contributed by atoms with van der Waals surface area (Å²) in [6, 6.07) is 0. The van der Waals surface area contributed by atoms with Crippen LogP contribution in [0.3, 0.4) is 0 Å². The molecule has 0 aromatic carbocycles. The molecule has 2 rings (SSSR count). The molecule has 0 saturated heterocycles. The molecule has 1 unspecified atom stereocenters. The summed E-state index contributed by atoms with van der Waals surface area (Å²) in [5.74, 6) is 1.77. The smallest absolute Gasteiger partial charge is 0.232 e. The summed E-state index contributed by atoms with van der Waals surface area (Å²) in [5, 5.41) is 13.3. The van der Waals surface area contributed by atoms with Crippen LogP contribution in [0.25, 0.3) is 0 Å². The van der Waals surface area contributed by atoms with Crippen molar-refractivity contribution in [1.82, 2.24) is 10.1 Å². The highest BCUT2D eigenvalue weighted by Crippen LogP contribution is 2.45. The maximum atomic E-state index is 9.46. The lowest BCUT2D eigenvalue weighted by molar-refractivity contribution is 0.183. The number of rotatable bonds is 4. The molecule has 0 amide bonds. The molecule has 1 fully saturated rings. The Kier molecular flexibility index (Phi) is 3.52. The fraction of sp³-hybridized carbons (Fsp3) is 0.846. The monoisotopic (exact) mass is 238 g/mol. The van der Waals surface area contributed by atoms with Gasteiger partial charge >= 0.3 is 0 Å². The zero-order valence-corrected chi connectivity index (χ0v) is 10.9. The second-order valence-corrected chi connectivity index (χ2v) is 5.72. The van der Waals surface area contributed by atoms with Gasteiger partial charge in [0.05, 0.1) is 0 Å². The molecule has 1 aliphatic rings. The maximum Gasteiger partial charge on any atom is 0.232 e. The van der Waals surface area contributed by atoms with Gasteiger partial charge in [0.15, 0.2) is 5.82 Å². The highest BCUT2D eigenvalue weighted by Gasteiger charge is 2.41. The van der Waals surface area contributed by atoms with Crippen LogP contribution in [0.4, 0.5) is 0 Å². The lowest BCUT2D eigenvalue weighted by Gasteiger charge is -2.26. The van der Waals surface area contributed by atoms with Gasteiger partial charge in [0.2, 0.25) is 5.89 Å². The van der Waals surface area contributed by atoms with Crippen LogP contribution in [0.1, 0.15) is 70.7 Å². The van der Waals surface area contributed by atoms with Crippen molar-refractivity contribution in [3.63, 3.8) is 0 Å². The lowest BCUT2D eigenvalue weighted by atomic mass is 9.78. The van der Waals surface area contributed by atoms with Gasteiger partial charge in [-0.05, 0) is 32.1 Å². The first-order chi connectivity index (χ1) is 8.03. The number of aliphatic hydroxyl groups excluding tert-OH is 1. The SMILES string of the molecule is CC(C)CC1(c2nc(C(C)O)no2)CCCC1. The van der Waals surface area contributed by atoms with Gasteiger partial charge in [-0.15, -0.1) is 0 Å². The largest absolute Gasteiger partial charge is 0.385 e. The molecular formula is C13H22N2O2. The van der Waals surface area contributed by atoms with Crippen LogP contribution in [0.5, 0.6) is 0 Å². The molecule has 0 bridgehead atoms. The lowest BCUT2D eigenvalue weighted by Crippen LogP contribution is -2.25. The molecule has 96 valence electrons. The van der Waals surface area contributed by atoms with Gasteiger partial charge in [0.1, 0.15) is 6.10 Å². The van der Waals surface area contributed by atoms with E-state index in [0.717, 1.165) is 25.2 Å². The van der Waals surface area contributed by atoms with E-state index in [1.165, 1.54) is 12.8 Å². The first-order valence-electron chi connectivity index (χ1n) is 6.56. The summed E-state index contributed by atoms with van der Waals surface area (Å²) in [7, 11) is 0. The Balaban J connectivity index is 2.25. The van der Waals surface area contributed by atoms with E-state index in [1.807, 2.05) is 0 Å². The fourth-order valence-electron chi connectivity index (χ4n) is 2.96. The van der Waals surface area contributed by atoms with Crippen LogP contribution in [0.2, 0.25) is 0 Å². The summed E-state index contributed by atoms with van der Waals surface area (Å²) < 4.78 is 5.39. The zero-order valence-electron chi connectivity index (χ0n) is 10.9. The quantitative estimate of drug-likeness (QED) is 0.876. The predicted molar refractivity (Wildman–Crippen MR) is 64.5 cm³/mol. The van der Waals surface area contributed by atoms with Crippen LogP contribution in [-0.4, -0.2) is 15.2 Å². The first kappa shape index (κ1) is 12.6. The van der Waals surface area contributed by atoms with Crippen molar-refractivity contribution in [3.05, 3.63) is 11.7 Å². The molecule has 4 heteroatoms. The van der Waals surface area contributed by atoms with E-state index >= 15 is 0 Å². The van der Waals surface area contributed by atoms with Crippen LogP contribution >= 0.6 is 0 Å². The minimum atomic E-state index is -0.648. The summed E-state index contributed by atoms with van der Waals surface area (Å²) >= 11 is 0. The normalized spacial score (nSPS) is 21.0. The highest BCUT2D eigenvalue weighted by molar-refractivity contribution is 5.09. The minimum absolute atomic E-state index is 0.0638. The second kappa shape index (κ2) is 4.77. The van der Waals surface area contributed by atoms with Gasteiger partial charge < -0.3 is 9.63 Å². The van der Waals surface area contributed by atoms with E-state index in [0.29, 0.717) is 11.7 Å². The van der Waals surface area contributed by atoms with Gasteiger partial charge in [0.25, 0.3) is 0 Å². The molecular weight excluding hydrogens is 216 g/mol. The van der Waals surface area contributed by atoms with Crippen LogP contribution in [0, 0.1) is 5.92 Å². The van der Waals surface area contributed by atoms with E-state index in [9.17, 15) is 5.11 Å². The molecule has 0 aliphatic heterocycles. The molecule has 1 N–H and O–H groups in total. The average Bonchev–Trinajstić information content (AvgIpc) is 2.83. The molecule has 0 radical (unpaired) electrons. The van der Waals surface area contributed by atoms with Crippen molar-refractivity contribution in [2.24, 2.45) is 5.92 Å². The molecule has 1 aromatic rings. The summed E-state index contributed by atoms with van der Waals surface area (Å²) in [6.45, 7) is 6.12. The van der Waals surface area contributed by atoms with Gasteiger partial charge in [-0.25, -0.2) is 0 Å². The third-order valence-electron chi connectivity index (χ3n) is 3.63. The molecule has 17 heavy (non-hydrogen) atoms. The van der Waals surface area contributed by atoms with Gasteiger partial charge in [-0.1, -0.05) is 31.8 Å².